The topological polar surface area (TPSA) is 66.0 Å². The highest BCUT2D eigenvalue weighted by molar-refractivity contribution is 5.71. The molecule has 0 saturated heterocycles. The van der Waals surface area contributed by atoms with Crippen LogP contribution in [0, 0.1) is 0 Å². The van der Waals surface area contributed by atoms with Crippen LogP contribution in [0.1, 0.15) is 41.5 Å². The van der Waals surface area contributed by atoms with Gasteiger partial charge in [0.25, 0.3) is 0 Å². The first-order valence-electron chi connectivity index (χ1n) is 12.9. The largest absolute Gasteiger partial charge is 0.489 e. The van der Waals surface area contributed by atoms with Crippen molar-refractivity contribution in [3.63, 3.8) is 0 Å². The number of hydroxylamine groups is 1. The van der Waals surface area contributed by atoms with Crippen LogP contribution in [0.3, 0.4) is 0 Å². The van der Waals surface area contributed by atoms with Crippen molar-refractivity contribution in [3.8, 4) is 11.5 Å². The number of nitrogens with one attached hydrogen (secondary N) is 1. The van der Waals surface area contributed by atoms with Gasteiger partial charge in [0, 0.05) is 11.5 Å². The van der Waals surface area contributed by atoms with Gasteiger partial charge in [-0.05, 0) is 47.9 Å². The summed E-state index contributed by atoms with van der Waals surface area (Å²) in [6.45, 7) is 2.61. The van der Waals surface area contributed by atoms with Gasteiger partial charge in [0.05, 0.1) is 20.1 Å². The lowest BCUT2D eigenvalue weighted by molar-refractivity contribution is -0.143. The summed E-state index contributed by atoms with van der Waals surface area (Å²) in [6.07, 6.45) is 1.91. The molecular weight excluding hydrogens is 490 g/mol. The van der Waals surface area contributed by atoms with E-state index in [2.05, 4.69) is 5.48 Å². The zero-order valence-electron chi connectivity index (χ0n) is 22.2. The summed E-state index contributed by atoms with van der Waals surface area (Å²) in [7, 11) is 1.56. The van der Waals surface area contributed by atoms with E-state index in [1.807, 2.05) is 116 Å². The fourth-order valence-electron chi connectivity index (χ4n) is 4.13. The molecule has 0 fully saturated rings. The van der Waals surface area contributed by atoms with Gasteiger partial charge in [0.1, 0.15) is 30.1 Å². The van der Waals surface area contributed by atoms with Gasteiger partial charge in [-0.1, -0.05) is 84.9 Å². The van der Waals surface area contributed by atoms with Crippen LogP contribution < -0.4 is 15.0 Å². The summed E-state index contributed by atoms with van der Waals surface area (Å²) in [5.41, 5.74) is 7.63. The first-order valence-corrected chi connectivity index (χ1v) is 12.9. The van der Waals surface area contributed by atoms with Crippen LogP contribution in [0.15, 0.2) is 115 Å². The van der Waals surface area contributed by atoms with E-state index in [4.69, 9.17) is 19.0 Å². The van der Waals surface area contributed by atoms with Crippen molar-refractivity contribution in [2.75, 3.05) is 13.7 Å². The summed E-state index contributed by atoms with van der Waals surface area (Å²) in [4.78, 5) is 17.3. The Morgan fingerprint density at radius 3 is 2.05 bits per heavy atom. The summed E-state index contributed by atoms with van der Waals surface area (Å²) < 4.78 is 17.0. The van der Waals surface area contributed by atoms with Crippen LogP contribution in [0.5, 0.6) is 11.5 Å². The molecule has 0 aromatic heterocycles. The van der Waals surface area contributed by atoms with Crippen LogP contribution >= 0.6 is 0 Å². The Hall–Kier alpha value is -4.55. The number of carbonyl (C=O) groups is 1. The molecule has 0 saturated carbocycles. The Morgan fingerprint density at radius 2 is 1.41 bits per heavy atom. The number of carbonyl (C=O) groups excluding carboxylic acids is 1. The first-order chi connectivity index (χ1) is 19.2. The van der Waals surface area contributed by atoms with Crippen molar-refractivity contribution in [1.82, 2.24) is 5.48 Å². The van der Waals surface area contributed by atoms with E-state index in [0.29, 0.717) is 24.7 Å². The number of hydrogen-bond donors (Lipinski definition) is 1. The molecule has 4 aromatic rings. The molecule has 4 aromatic carbocycles. The maximum Gasteiger partial charge on any atom is 0.306 e. The zero-order chi connectivity index (χ0) is 27.3. The predicted octanol–water partition coefficient (Wildman–Crippen LogP) is 6.88. The molecule has 0 radical (unpaired) electrons. The Morgan fingerprint density at radius 1 is 0.795 bits per heavy atom. The number of rotatable bonds is 13. The fraction of sp³-hybridized carbons (Fsp3) is 0.182. The van der Waals surface area contributed by atoms with Gasteiger partial charge in [-0.15, -0.1) is 0 Å². The lowest BCUT2D eigenvalue weighted by Crippen LogP contribution is -2.11. The van der Waals surface area contributed by atoms with E-state index in [1.165, 1.54) is 0 Å². The quantitative estimate of drug-likeness (QED) is 0.117. The average Bonchev–Trinajstić information content (AvgIpc) is 2.99. The number of hydrogen-bond acceptors (Lipinski definition) is 6. The highest BCUT2D eigenvalue weighted by Gasteiger charge is 2.19. The Balaban J connectivity index is 1.36. The van der Waals surface area contributed by atoms with Crippen molar-refractivity contribution < 1.29 is 23.8 Å². The lowest BCUT2D eigenvalue weighted by Gasteiger charge is -2.18. The second-order valence-electron chi connectivity index (χ2n) is 8.80. The Kier molecular flexibility index (Phi) is 10.2. The molecule has 0 amide bonds. The maximum absolute atomic E-state index is 12.3. The Labute approximate surface area is 229 Å². The molecule has 0 aliphatic carbocycles. The molecule has 0 spiro atoms. The van der Waals surface area contributed by atoms with Gasteiger partial charge in [-0.25, -0.2) is 0 Å². The lowest BCUT2D eigenvalue weighted by atomic mass is 9.88. The molecule has 6 heteroatoms. The fourth-order valence-corrected chi connectivity index (χ4v) is 4.13. The predicted molar refractivity (Wildman–Crippen MR) is 152 cm³/mol. The minimum Gasteiger partial charge on any atom is -0.489 e. The Bertz CT molecular complexity index is 1320. The van der Waals surface area contributed by atoms with Gasteiger partial charge in [-0.2, -0.15) is 0 Å². The van der Waals surface area contributed by atoms with Crippen LogP contribution in [0.2, 0.25) is 0 Å². The maximum atomic E-state index is 12.3. The number of esters is 1. The monoisotopic (exact) mass is 523 g/mol. The molecule has 6 nitrogen and oxygen atoms in total. The molecule has 0 aliphatic rings. The van der Waals surface area contributed by atoms with Crippen LogP contribution in [0.4, 0.5) is 0 Å². The third-order valence-electron chi connectivity index (χ3n) is 6.10. The normalized spacial score (nSPS) is 11.9. The smallest absolute Gasteiger partial charge is 0.306 e. The molecule has 0 heterocycles. The second kappa shape index (κ2) is 14.4. The van der Waals surface area contributed by atoms with E-state index in [0.717, 1.165) is 28.0 Å². The van der Waals surface area contributed by atoms with E-state index < -0.39 is 0 Å². The third-order valence-corrected chi connectivity index (χ3v) is 6.10. The molecule has 0 bridgehead atoms. The molecule has 0 aliphatic heterocycles. The highest BCUT2D eigenvalue weighted by Crippen LogP contribution is 2.30. The van der Waals surface area contributed by atoms with E-state index in [1.54, 1.807) is 13.4 Å². The van der Waals surface area contributed by atoms with Crippen LogP contribution in [-0.2, 0) is 21.0 Å². The molecule has 200 valence electrons. The molecular formula is C33H33NO5. The van der Waals surface area contributed by atoms with Gasteiger partial charge in [0.2, 0.25) is 0 Å². The van der Waals surface area contributed by atoms with Gasteiger partial charge in [0.15, 0.2) is 0 Å². The average molecular weight is 524 g/mol. The number of ether oxygens (including phenoxy) is 3. The molecule has 4 rings (SSSR count). The minimum absolute atomic E-state index is 0.0811. The SMILES string of the molecule is CCOC(=O)CC(c1ccccc1)c1ccc(OCc2ccc(OC=C(NOC)c3ccccc3)cc2)cc1. The highest BCUT2D eigenvalue weighted by atomic mass is 16.6. The minimum atomic E-state index is -0.208. The van der Waals surface area contributed by atoms with Crippen molar-refractivity contribution in [2.45, 2.75) is 25.9 Å². The third kappa shape index (κ3) is 8.22. The standard InChI is InChI=1S/C33H33NO5/c1-3-37-33(35)22-31(26-10-6-4-7-11-26)27-16-20-30(21-17-27)38-23-25-14-18-29(19-15-25)39-24-32(34-36-2)28-12-8-5-9-13-28/h4-21,24,31,34H,3,22-23H2,1-2H3. The summed E-state index contributed by atoms with van der Waals surface area (Å²) in [6, 6.07) is 35.4. The first kappa shape index (κ1) is 27.5. The van der Waals surface area contributed by atoms with E-state index in [-0.39, 0.29) is 18.3 Å². The van der Waals surface area contributed by atoms with Crippen LogP contribution in [0.25, 0.3) is 5.70 Å². The van der Waals surface area contributed by atoms with E-state index >= 15 is 0 Å². The van der Waals surface area contributed by atoms with Gasteiger partial charge < -0.3 is 14.2 Å². The van der Waals surface area contributed by atoms with Gasteiger partial charge in [-0.3, -0.25) is 15.1 Å². The summed E-state index contributed by atoms with van der Waals surface area (Å²) >= 11 is 0. The molecule has 1 unspecified atom stereocenters. The molecule has 1 atom stereocenters. The summed E-state index contributed by atoms with van der Waals surface area (Å²) in [5.74, 6) is 1.16. The van der Waals surface area contributed by atoms with Crippen molar-refractivity contribution in [3.05, 3.63) is 138 Å². The summed E-state index contributed by atoms with van der Waals surface area (Å²) in [5, 5.41) is 0. The van der Waals surface area contributed by atoms with Gasteiger partial charge >= 0.3 is 5.97 Å². The van der Waals surface area contributed by atoms with Crippen molar-refractivity contribution in [1.29, 1.82) is 0 Å². The molecule has 1 N–H and O–H groups in total. The van der Waals surface area contributed by atoms with Crippen molar-refractivity contribution in [2.24, 2.45) is 0 Å². The molecule has 39 heavy (non-hydrogen) atoms. The second-order valence-corrected chi connectivity index (χ2v) is 8.80. The van der Waals surface area contributed by atoms with E-state index in [9.17, 15) is 4.79 Å². The van der Waals surface area contributed by atoms with Crippen LogP contribution in [-0.4, -0.2) is 19.7 Å². The zero-order valence-corrected chi connectivity index (χ0v) is 22.2. The number of benzene rings is 4. The van der Waals surface area contributed by atoms with Crippen molar-refractivity contribution >= 4 is 11.7 Å².